The number of carbonyl (C=O) groups excluding carboxylic acids is 1. The molecule has 2 aromatic carbocycles. The van der Waals surface area contributed by atoms with E-state index in [0.717, 1.165) is 22.7 Å². The zero-order valence-electron chi connectivity index (χ0n) is 19.8. The van der Waals surface area contributed by atoms with Gasteiger partial charge in [0.1, 0.15) is 24.4 Å². The molecule has 35 heavy (non-hydrogen) atoms. The van der Waals surface area contributed by atoms with Crippen LogP contribution in [0.3, 0.4) is 0 Å². The number of hydrogen-bond acceptors (Lipinski definition) is 9. The summed E-state index contributed by atoms with van der Waals surface area (Å²) in [5.41, 5.74) is 8.76. The average molecular weight is 499 g/mol. The molecule has 1 fully saturated rings. The van der Waals surface area contributed by atoms with E-state index in [1.54, 1.807) is 14.0 Å². The van der Waals surface area contributed by atoms with Crippen molar-refractivity contribution in [1.29, 1.82) is 0 Å². The Labute approximate surface area is 209 Å². The predicted molar refractivity (Wildman–Crippen MR) is 132 cm³/mol. The van der Waals surface area contributed by atoms with Crippen LogP contribution in [0.5, 0.6) is 0 Å². The van der Waals surface area contributed by atoms with Crippen LogP contribution in [-0.2, 0) is 36.9 Å². The van der Waals surface area contributed by atoms with Gasteiger partial charge in [0.05, 0.1) is 37.0 Å². The van der Waals surface area contributed by atoms with E-state index in [-0.39, 0.29) is 18.0 Å². The van der Waals surface area contributed by atoms with Crippen molar-refractivity contribution in [2.24, 2.45) is 0 Å². The molecule has 1 aliphatic rings. The van der Waals surface area contributed by atoms with Gasteiger partial charge in [0.2, 0.25) is 0 Å². The van der Waals surface area contributed by atoms with E-state index in [1.807, 2.05) is 60.7 Å². The van der Waals surface area contributed by atoms with Crippen molar-refractivity contribution in [2.45, 2.75) is 44.6 Å². The van der Waals surface area contributed by atoms with E-state index in [9.17, 15) is 4.79 Å². The van der Waals surface area contributed by atoms with Crippen LogP contribution in [0.2, 0.25) is 0 Å². The van der Waals surface area contributed by atoms with Crippen molar-refractivity contribution < 1.29 is 28.5 Å². The monoisotopic (exact) mass is 498 g/mol. The van der Waals surface area contributed by atoms with Crippen LogP contribution >= 0.6 is 11.5 Å². The van der Waals surface area contributed by atoms with Crippen LogP contribution < -0.4 is 5.73 Å². The lowest BCUT2D eigenvalue weighted by Gasteiger charge is -2.23. The number of nitrogens with zero attached hydrogens (tertiary/aromatic N) is 1. The maximum Gasteiger partial charge on any atom is 0.360 e. The molecule has 0 unspecified atom stereocenters. The topological polar surface area (TPSA) is 102 Å². The minimum absolute atomic E-state index is 0.0926. The van der Waals surface area contributed by atoms with Gasteiger partial charge in [-0.15, -0.1) is 0 Å². The number of nitrogen functional groups attached to an aromatic ring is 1. The molecule has 0 spiro atoms. The molecular formula is C26H30N2O6S. The number of ether oxygens (including phenoxy) is 5. The maximum atomic E-state index is 12.3. The minimum Gasteiger partial charge on any atom is -0.461 e. The van der Waals surface area contributed by atoms with Crippen LogP contribution in [0.25, 0.3) is 0 Å². The lowest BCUT2D eigenvalue weighted by molar-refractivity contribution is -0.0666. The molecule has 3 aromatic rings. The molecule has 9 heteroatoms. The van der Waals surface area contributed by atoms with Gasteiger partial charge in [-0.25, -0.2) is 4.79 Å². The molecule has 1 aromatic heterocycles. The summed E-state index contributed by atoms with van der Waals surface area (Å²) in [6.07, 6.45) is -1.87. The molecule has 186 valence electrons. The van der Waals surface area contributed by atoms with Gasteiger partial charge in [-0.3, -0.25) is 0 Å². The number of anilines is 1. The van der Waals surface area contributed by atoms with Crippen molar-refractivity contribution in [3.8, 4) is 0 Å². The molecule has 8 nitrogen and oxygen atoms in total. The SMILES string of the molecule is CCOC(=O)c1nsc([C@@H]2O[C@H](COCc3ccccc3)[C@@H](OC)[C@H]2OCc2ccccc2)c1N. The highest BCUT2D eigenvalue weighted by atomic mass is 32.1. The number of aromatic nitrogens is 1. The number of rotatable bonds is 11. The van der Waals surface area contributed by atoms with E-state index in [0.29, 0.717) is 24.7 Å². The molecule has 0 amide bonds. The third-order valence-corrected chi connectivity index (χ3v) is 6.67. The van der Waals surface area contributed by atoms with Crippen LogP contribution in [0.1, 0.15) is 39.5 Å². The van der Waals surface area contributed by atoms with Crippen LogP contribution in [0.4, 0.5) is 5.69 Å². The number of hydrogen-bond donors (Lipinski definition) is 1. The molecule has 4 rings (SSSR count). The Hall–Kier alpha value is -2.82. The van der Waals surface area contributed by atoms with Crippen molar-refractivity contribution in [1.82, 2.24) is 4.37 Å². The van der Waals surface area contributed by atoms with E-state index in [4.69, 9.17) is 29.4 Å². The van der Waals surface area contributed by atoms with Gasteiger partial charge >= 0.3 is 5.97 Å². The van der Waals surface area contributed by atoms with Crippen molar-refractivity contribution in [2.75, 3.05) is 26.1 Å². The van der Waals surface area contributed by atoms with E-state index in [2.05, 4.69) is 4.37 Å². The van der Waals surface area contributed by atoms with Gasteiger partial charge in [-0.1, -0.05) is 60.7 Å². The summed E-state index contributed by atoms with van der Waals surface area (Å²) in [5.74, 6) is -0.557. The van der Waals surface area contributed by atoms with Gasteiger partial charge in [0, 0.05) is 7.11 Å². The first kappa shape index (κ1) is 25.3. The summed E-state index contributed by atoms with van der Waals surface area (Å²) in [6.45, 7) is 3.09. The molecule has 0 saturated carbocycles. The van der Waals surface area contributed by atoms with Crippen molar-refractivity contribution in [3.05, 3.63) is 82.4 Å². The summed E-state index contributed by atoms with van der Waals surface area (Å²) in [4.78, 5) is 12.9. The fourth-order valence-electron chi connectivity index (χ4n) is 4.04. The Morgan fingerprint density at radius 3 is 2.31 bits per heavy atom. The molecule has 1 saturated heterocycles. The Balaban J connectivity index is 1.53. The summed E-state index contributed by atoms with van der Waals surface area (Å²) >= 11 is 1.11. The maximum absolute atomic E-state index is 12.3. The van der Waals surface area contributed by atoms with Crippen LogP contribution in [0, 0.1) is 0 Å². The lowest BCUT2D eigenvalue weighted by Crippen LogP contribution is -2.37. The van der Waals surface area contributed by atoms with Gasteiger partial charge < -0.3 is 29.4 Å². The zero-order chi connectivity index (χ0) is 24.6. The Bertz CT molecular complexity index is 1080. The number of methoxy groups -OCH3 is 1. The quantitative estimate of drug-likeness (QED) is 0.393. The van der Waals surface area contributed by atoms with E-state index < -0.39 is 30.4 Å². The molecule has 1 aliphatic heterocycles. The summed E-state index contributed by atoms with van der Waals surface area (Å²) in [6, 6.07) is 19.8. The van der Waals surface area contributed by atoms with Gasteiger partial charge in [-0.2, -0.15) is 4.37 Å². The fraction of sp³-hybridized carbons (Fsp3) is 0.385. The summed E-state index contributed by atoms with van der Waals surface area (Å²) in [7, 11) is 1.62. The van der Waals surface area contributed by atoms with Gasteiger partial charge in [0.25, 0.3) is 0 Å². The normalized spacial score (nSPS) is 21.8. The highest BCUT2D eigenvalue weighted by Gasteiger charge is 2.48. The smallest absolute Gasteiger partial charge is 0.360 e. The van der Waals surface area contributed by atoms with E-state index in [1.165, 1.54) is 0 Å². The standard InChI is InChI=1S/C26H30N2O6S/c1-3-32-26(29)21-20(27)25(35-28-21)24-23(33-15-18-12-8-5-9-13-18)22(30-2)19(34-24)16-31-14-17-10-6-4-7-11-17/h4-13,19,22-24H,3,14-16,27H2,1-2H3/t19-,22-,23-,24-/m1/s1. The largest absolute Gasteiger partial charge is 0.461 e. The summed E-state index contributed by atoms with van der Waals surface area (Å²) < 4.78 is 33.8. The summed E-state index contributed by atoms with van der Waals surface area (Å²) in [5, 5.41) is 0. The first-order valence-corrected chi connectivity index (χ1v) is 12.3. The zero-order valence-corrected chi connectivity index (χ0v) is 20.6. The number of carbonyl (C=O) groups is 1. The highest BCUT2D eigenvalue weighted by molar-refractivity contribution is 7.06. The molecule has 2 heterocycles. The predicted octanol–water partition coefficient (Wildman–Crippen LogP) is 4.16. The van der Waals surface area contributed by atoms with Crippen LogP contribution in [-0.4, -0.2) is 49.0 Å². The van der Waals surface area contributed by atoms with Crippen molar-refractivity contribution in [3.63, 3.8) is 0 Å². The van der Waals surface area contributed by atoms with Crippen molar-refractivity contribution >= 4 is 23.2 Å². The molecule has 0 aliphatic carbocycles. The van der Waals surface area contributed by atoms with Crippen LogP contribution in [0.15, 0.2) is 60.7 Å². The number of nitrogens with two attached hydrogens (primary N) is 1. The Morgan fingerprint density at radius 2 is 1.69 bits per heavy atom. The first-order chi connectivity index (χ1) is 17.1. The molecule has 0 radical (unpaired) electrons. The minimum atomic E-state index is -0.574. The third kappa shape index (κ3) is 6.06. The Morgan fingerprint density at radius 1 is 1.03 bits per heavy atom. The van der Waals surface area contributed by atoms with Gasteiger partial charge in [0.15, 0.2) is 5.69 Å². The van der Waals surface area contributed by atoms with Gasteiger partial charge in [-0.05, 0) is 29.6 Å². The average Bonchev–Trinajstić information content (AvgIpc) is 3.43. The Kier molecular flexibility index (Phi) is 8.84. The highest BCUT2D eigenvalue weighted by Crippen LogP contribution is 2.42. The molecule has 4 atom stereocenters. The van der Waals surface area contributed by atoms with E-state index >= 15 is 0 Å². The number of esters is 1. The second-order valence-corrected chi connectivity index (χ2v) is 8.89. The molecule has 2 N–H and O–H groups in total. The first-order valence-electron chi connectivity index (χ1n) is 11.5. The third-order valence-electron chi connectivity index (χ3n) is 5.74. The second kappa shape index (κ2) is 12.2. The fourth-order valence-corrected chi connectivity index (χ4v) is 4.89. The lowest BCUT2D eigenvalue weighted by atomic mass is 10.0. The number of benzene rings is 2. The second-order valence-electron chi connectivity index (χ2n) is 8.09. The molecular weight excluding hydrogens is 468 g/mol. The molecule has 0 bridgehead atoms.